The van der Waals surface area contributed by atoms with Crippen molar-refractivity contribution in [3.63, 3.8) is 0 Å². The number of hydrogen-bond acceptors (Lipinski definition) is 5. The molecule has 1 amide bonds. The second-order valence-electron chi connectivity index (χ2n) is 4.19. The Labute approximate surface area is 114 Å². The van der Waals surface area contributed by atoms with Gasteiger partial charge >= 0.3 is 0 Å². The molecule has 0 spiro atoms. The van der Waals surface area contributed by atoms with Crippen LogP contribution in [0, 0.1) is 10.1 Å². The number of nitro groups is 1. The van der Waals surface area contributed by atoms with Gasteiger partial charge in [-0.1, -0.05) is 12.1 Å². The van der Waals surface area contributed by atoms with Crippen molar-refractivity contribution in [3.05, 3.63) is 51.7 Å². The second-order valence-corrected chi connectivity index (χ2v) is 4.19. The molecule has 1 aromatic heterocycles. The molecule has 1 aromatic carbocycles. The molecule has 8 nitrogen and oxygen atoms in total. The third-order valence-electron chi connectivity index (χ3n) is 2.74. The molecule has 1 heterocycles. The Bertz CT molecular complexity index is 620. The number of nitrogen functional groups attached to an aromatic ring is 1. The Hall–Kier alpha value is -2.90. The van der Waals surface area contributed by atoms with Gasteiger partial charge < -0.3 is 11.1 Å². The minimum Gasteiger partial charge on any atom is -0.384 e. The van der Waals surface area contributed by atoms with Crippen LogP contribution in [-0.4, -0.2) is 21.0 Å². The molecular weight excluding hydrogens is 262 g/mol. The summed E-state index contributed by atoms with van der Waals surface area (Å²) in [6, 6.07) is 5.86. The molecule has 0 aliphatic rings. The monoisotopic (exact) mass is 275 g/mol. The molecule has 0 aliphatic carbocycles. The highest BCUT2D eigenvalue weighted by Crippen LogP contribution is 2.12. The van der Waals surface area contributed by atoms with Gasteiger partial charge in [-0.2, -0.15) is 5.10 Å². The average molecular weight is 275 g/mol. The number of H-pyrrole nitrogens is 1. The first kappa shape index (κ1) is 13.5. The molecule has 8 heteroatoms. The number of aromatic nitrogens is 2. The van der Waals surface area contributed by atoms with Crippen molar-refractivity contribution in [3.8, 4) is 0 Å². The summed E-state index contributed by atoms with van der Waals surface area (Å²) in [6.07, 6.45) is 1.69. The van der Waals surface area contributed by atoms with E-state index in [-0.39, 0.29) is 24.6 Å². The van der Waals surface area contributed by atoms with Crippen molar-refractivity contribution >= 4 is 17.4 Å². The van der Waals surface area contributed by atoms with Gasteiger partial charge in [-0.05, 0) is 5.56 Å². The van der Waals surface area contributed by atoms with E-state index < -0.39 is 4.92 Å². The van der Waals surface area contributed by atoms with Crippen molar-refractivity contribution in [2.75, 3.05) is 5.73 Å². The Balaban J connectivity index is 1.88. The summed E-state index contributed by atoms with van der Waals surface area (Å²) in [5.74, 6) is 0.222. The van der Waals surface area contributed by atoms with Crippen molar-refractivity contribution in [2.45, 2.75) is 13.0 Å². The highest BCUT2D eigenvalue weighted by molar-refractivity contribution is 5.78. The average Bonchev–Trinajstić information content (AvgIpc) is 2.82. The molecule has 0 unspecified atom stereocenters. The number of aromatic amines is 1. The summed E-state index contributed by atoms with van der Waals surface area (Å²) in [7, 11) is 0. The lowest BCUT2D eigenvalue weighted by atomic mass is 10.1. The number of nitrogens with one attached hydrogen (secondary N) is 2. The quantitative estimate of drug-likeness (QED) is 0.548. The van der Waals surface area contributed by atoms with Crippen LogP contribution in [0.3, 0.4) is 0 Å². The number of hydrogen-bond donors (Lipinski definition) is 3. The number of benzene rings is 1. The number of nitrogens with zero attached hydrogens (tertiary/aromatic N) is 2. The SMILES string of the molecule is Nc1[nH]ncc1CNC(=O)Cc1ccc([N+](=O)[O-])cc1. The van der Waals surface area contributed by atoms with E-state index in [0.29, 0.717) is 16.9 Å². The van der Waals surface area contributed by atoms with Gasteiger partial charge in [0.15, 0.2) is 0 Å². The summed E-state index contributed by atoms with van der Waals surface area (Å²) in [5, 5.41) is 19.5. The molecule has 0 saturated carbocycles. The largest absolute Gasteiger partial charge is 0.384 e. The number of carbonyl (C=O) groups is 1. The highest BCUT2D eigenvalue weighted by Gasteiger charge is 2.08. The second kappa shape index (κ2) is 5.83. The Morgan fingerprint density at radius 1 is 1.40 bits per heavy atom. The van der Waals surface area contributed by atoms with E-state index >= 15 is 0 Å². The summed E-state index contributed by atoms with van der Waals surface area (Å²) in [6.45, 7) is 0.286. The normalized spacial score (nSPS) is 10.2. The van der Waals surface area contributed by atoms with Crippen LogP contribution in [-0.2, 0) is 17.8 Å². The first-order chi connectivity index (χ1) is 9.56. The van der Waals surface area contributed by atoms with Crippen LogP contribution in [0.2, 0.25) is 0 Å². The molecule has 0 fully saturated rings. The molecule has 0 radical (unpaired) electrons. The number of carbonyl (C=O) groups excluding carboxylic acids is 1. The third kappa shape index (κ3) is 3.31. The molecule has 2 aromatic rings. The predicted molar refractivity (Wildman–Crippen MR) is 71.6 cm³/mol. The molecule has 4 N–H and O–H groups in total. The highest BCUT2D eigenvalue weighted by atomic mass is 16.6. The lowest BCUT2D eigenvalue weighted by Crippen LogP contribution is -2.24. The molecule has 0 bridgehead atoms. The summed E-state index contributed by atoms with van der Waals surface area (Å²) in [4.78, 5) is 21.7. The predicted octanol–water partition coefficient (Wildman–Crippen LogP) is 0.759. The first-order valence-corrected chi connectivity index (χ1v) is 5.84. The van der Waals surface area contributed by atoms with Crippen LogP contribution < -0.4 is 11.1 Å². The maximum absolute atomic E-state index is 11.7. The van der Waals surface area contributed by atoms with E-state index in [9.17, 15) is 14.9 Å². The molecule has 0 aliphatic heterocycles. The van der Waals surface area contributed by atoms with Crippen LogP contribution >= 0.6 is 0 Å². The topological polar surface area (TPSA) is 127 Å². The number of nitro benzene ring substituents is 1. The smallest absolute Gasteiger partial charge is 0.269 e. The maximum atomic E-state index is 11.7. The van der Waals surface area contributed by atoms with Crippen LogP contribution in [0.5, 0.6) is 0 Å². The van der Waals surface area contributed by atoms with Gasteiger partial charge in [0.05, 0.1) is 17.5 Å². The van der Waals surface area contributed by atoms with Gasteiger partial charge in [0.2, 0.25) is 5.91 Å². The summed E-state index contributed by atoms with van der Waals surface area (Å²) in [5.41, 5.74) is 7.00. The molecule has 104 valence electrons. The summed E-state index contributed by atoms with van der Waals surface area (Å²) < 4.78 is 0. The molecule has 0 saturated heterocycles. The van der Waals surface area contributed by atoms with Gasteiger partial charge in [-0.25, -0.2) is 0 Å². The molecule has 2 rings (SSSR count). The Kier molecular flexibility index (Phi) is 3.94. The zero-order valence-corrected chi connectivity index (χ0v) is 10.5. The number of amides is 1. The van der Waals surface area contributed by atoms with Crippen LogP contribution in [0.15, 0.2) is 30.5 Å². The third-order valence-corrected chi connectivity index (χ3v) is 2.74. The van der Waals surface area contributed by atoms with Crippen molar-refractivity contribution in [1.29, 1.82) is 0 Å². The number of non-ortho nitro benzene ring substituents is 1. The van der Waals surface area contributed by atoms with E-state index in [1.165, 1.54) is 12.1 Å². The molecule has 20 heavy (non-hydrogen) atoms. The van der Waals surface area contributed by atoms with Gasteiger partial charge in [0.1, 0.15) is 5.82 Å². The van der Waals surface area contributed by atoms with Gasteiger partial charge in [0.25, 0.3) is 5.69 Å². The number of anilines is 1. The van der Waals surface area contributed by atoms with E-state index in [1.807, 2.05) is 0 Å². The molecular formula is C12H13N5O3. The van der Waals surface area contributed by atoms with Crippen LogP contribution in [0.4, 0.5) is 11.5 Å². The van der Waals surface area contributed by atoms with Crippen molar-refractivity contribution in [1.82, 2.24) is 15.5 Å². The molecule has 0 atom stereocenters. The van der Waals surface area contributed by atoms with Gasteiger partial charge in [-0.3, -0.25) is 20.0 Å². The fourth-order valence-electron chi connectivity index (χ4n) is 1.64. The fraction of sp³-hybridized carbons (Fsp3) is 0.167. The van der Waals surface area contributed by atoms with Crippen LogP contribution in [0.25, 0.3) is 0 Å². The lowest BCUT2D eigenvalue weighted by molar-refractivity contribution is -0.384. The minimum atomic E-state index is -0.481. The van der Waals surface area contributed by atoms with Crippen molar-refractivity contribution < 1.29 is 9.72 Å². The van der Waals surface area contributed by atoms with E-state index in [2.05, 4.69) is 15.5 Å². The van der Waals surface area contributed by atoms with E-state index in [1.54, 1.807) is 18.3 Å². The standard InChI is InChI=1S/C12H13N5O3/c13-12-9(7-15-16-12)6-14-11(18)5-8-1-3-10(4-2-8)17(19)20/h1-4,7H,5-6H2,(H,14,18)(H3,13,15,16). The Morgan fingerprint density at radius 2 is 2.10 bits per heavy atom. The van der Waals surface area contributed by atoms with Crippen LogP contribution in [0.1, 0.15) is 11.1 Å². The summed E-state index contributed by atoms with van der Waals surface area (Å²) >= 11 is 0. The zero-order chi connectivity index (χ0) is 14.5. The Morgan fingerprint density at radius 3 is 2.65 bits per heavy atom. The first-order valence-electron chi connectivity index (χ1n) is 5.84. The number of rotatable bonds is 5. The van der Waals surface area contributed by atoms with Gasteiger partial charge in [-0.15, -0.1) is 0 Å². The van der Waals surface area contributed by atoms with E-state index in [0.717, 1.165) is 0 Å². The minimum absolute atomic E-state index is 0.000304. The van der Waals surface area contributed by atoms with Crippen molar-refractivity contribution in [2.24, 2.45) is 0 Å². The van der Waals surface area contributed by atoms with E-state index in [4.69, 9.17) is 5.73 Å². The fourth-order valence-corrected chi connectivity index (χ4v) is 1.64. The lowest BCUT2D eigenvalue weighted by Gasteiger charge is -2.04. The van der Waals surface area contributed by atoms with Gasteiger partial charge in [0, 0.05) is 24.2 Å². The zero-order valence-electron chi connectivity index (χ0n) is 10.5. The maximum Gasteiger partial charge on any atom is 0.269 e. The number of nitrogens with two attached hydrogens (primary N) is 1.